The minimum Gasteiger partial charge on any atom is -0.370 e. The molecular formula is C10H15Cl2N5. The van der Waals surface area contributed by atoms with Gasteiger partial charge in [-0.2, -0.15) is 0 Å². The number of rotatable bonds is 3. The molecule has 0 bridgehead atoms. The first-order chi connectivity index (χ1) is 7.58. The fraction of sp³-hybridized carbons (Fsp3) is 0.200. The molecule has 1 rings (SSSR count). The van der Waals surface area contributed by atoms with E-state index in [1.165, 1.54) is 0 Å². The first kappa shape index (κ1) is 15.5. The highest BCUT2D eigenvalue weighted by Gasteiger charge is 1.97. The van der Waals surface area contributed by atoms with Gasteiger partial charge in [-0.05, 0) is 24.1 Å². The Kier molecular flexibility index (Phi) is 7.09. The number of hydrogen-bond donors (Lipinski definition) is 5. The molecule has 0 radical (unpaired) electrons. The number of nitrogens with one attached hydrogen (secondary N) is 4. The Morgan fingerprint density at radius 1 is 1.24 bits per heavy atom. The van der Waals surface area contributed by atoms with Crippen molar-refractivity contribution in [3.05, 3.63) is 34.9 Å². The number of benzene rings is 1. The van der Waals surface area contributed by atoms with E-state index in [0.717, 1.165) is 12.0 Å². The van der Waals surface area contributed by atoms with Crippen molar-refractivity contribution < 1.29 is 0 Å². The van der Waals surface area contributed by atoms with Crippen LogP contribution in [0.15, 0.2) is 24.3 Å². The van der Waals surface area contributed by atoms with Gasteiger partial charge in [-0.3, -0.25) is 16.1 Å². The van der Waals surface area contributed by atoms with Crippen LogP contribution in [0.2, 0.25) is 5.02 Å². The molecule has 1 aromatic carbocycles. The molecule has 94 valence electrons. The fourth-order valence-electron chi connectivity index (χ4n) is 1.16. The van der Waals surface area contributed by atoms with Crippen molar-refractivity contribution in [2.75, 3.05) is 6.54 Å². The normalized spacial score (nSPS) is 9.00. The summed E-state index contributed by atoms with van der Waals surface area (Å²) in [6.45, 7) is 0.598. The Bertz CT molecular complexity index is 377. The van der Waals surface area contributed by atoms with E-state index in [4.69, 9.17) is 28.2 Å². The van der Waals surface area contributed by atoms with E-state index in [1.807, 2.05) is 24.3 Å². The quantitative estimate of drug-likeness (QED) is 0.425. The Morgan fingerprint density at radius 3 is 2.35 bits per heavy atom. The largest absolute Gasteiger partial charge is 0.370 e. The van der Waals surface area contributed by atoms with E-state index < -0.39 is 0 Å². The predicted molar refractivity (Wildman–Crippen MR) is 73.2 cm³/mol. The van der Waals surface area contributed by atoms with E-state index in [0.29, 0.717) is 11.6 Å². The molecule has 0 fully saturated rings. The standard InChI is InChI=1S/C10H14ClN5.ClH/c11-8-3-1-7(2-4-8)5-6-15-10(14)16-9(12)13;/h1-4H,5-6H2,(H6,12,13,14,15,16);1H. The van der Waals surface area contributed by atoms with Crippen molar-refractivity contribution in [2.45, 2.75) is 6.42 Å². The lowest BCUT2D eigenvalue weighted by atomic mass is 10.1. The highest BCUT2D eigenvalue weighted by molar-refractivity contribution is 6.30. The summed E-state index contributed by atoms with van der Waals surface area (Å²) in [5.41, 5.74) is 6.20. The van der Waals surface area contributed by atoms with Gasteiger partial charge in [0.15, 0.2) is 11.9 Å². The highest BCUT2D eigenvalue weighted by Crippen LogP contribution is 2.09. The molecule has 0 aromatic heterocycles. The second-order valence-electron chi connectivity index (χ2n) is 3.22. The molecule has 0 saturated carbocycles. The van der Waals surface area contributed by atoms with Crippen LogP contribution in [0.5, 0.6) is 0 Å². The van der Waals surface area contributed by atoms with Crippen LogP contribution in [0.1, 0.15) is 5.56 Å². The van der Waals surface area contributed by atoms with Crippen LogP contribution >= 0.6 is 24.0 Å². The van der Waals surface area contributed by atoms with Crippen molar-refractivity contribution in [1.29, 1.82) is 10.8 Å². The Hall–Kier alpha value is -1.46. The summed E-state index contributed by atoms with van der Waals surface area (Å²) in [6, 6.07) is 7.53. The van der Waals surface area contributed by atoms with E-state index in [1.54, 1.807) is 0 Å². The summed E-state index contributed by atoms with van der Waals surface area (Å²) in [5.74, 6) is -0.217. The van der Waals surface area contributed by atoms with Crippen LogP contribution in [0, 0.1) is 10.8 Å². The first-order valence-corrected chi connectivity index (χ1v) is 5.13. The topological polar surface area (TPSA) is 97.8 Å². The molecule has 5 nitrogen and oxygen atoms in total. The van der Waals surface area contributed by atoms with Crippen LogP contribution in [0.25, 0.3) is 0 Å². The lowest BCUT2D eigenvalue weighted by Crippen LogP contribution is -2.43. The zero-order valence-electron chi connectivity index (χ0n) is 9.09. The Labute approximate surface area is 111 Å². The number of hydrogen-bond acceptors (Lipinski definition) is 2. The zero-order chi connectivity index (χ0) is 12.0. The highest BCUT2D eigenvalue weighted by atomic mass is 35.5. The first-order valence-electron chi connectivity index (χ1n) is 4.76. The van der Waals surface area contributed by atoms with Gasteiger partial charge in [-0.25, -0.2) is 0 Å². The Balaban J connectivity index is 0.00000256. The zero-order valence-corrected chi connectivity index (χ0v) is 10.7. The van der Waals surface area contributed by atoms with Gasteiger partial charge < -0.3 is 11.1 Å². The maximum Gasteiger partial charge on any atom is 0.195 e. The van der Waals surface area contributed by atoms with Crippen LogP contribution in [0.4, 0.5) is 0 Å². The lowest BCUT2D eigenvalue weighted by molar-refractivity contribution is 0.841. The van der Waals surface area contributed by atoms with Gasteiger partial charge in [-0.15, -0.1) is 12.4 Å². The molecule has 6 N–H and O–H groups in total. The number of guanidine groups is 2. The SMILES string of the molecule is Cl.N=C(N)NC(=N)NCCc1ccc(Cl)cc1. The molecule has 0 heterocycles. The maximum absolute atomic E-state index is 7.35. The average molecular weight is 276 g/mol. The molecular weight excluding hydrogens is 261 g/mol. The molecule has 0 aliphatic heterocycles. The van der Waals surface area contributed by atoms with E-state index in [9.17, 15) is 0 Å². The monoisotopic (exact) mass is 275 g/mol. The van der Waals surface area contributed by atoms with Crippen molar-refractivity contribution in [2.24, 2.45) is 5.73 Å². The van der Waals surface area contributed by atoms with Gasteiger partial charge in [0.25, 0.3) is 0 Å². The van der Waals surface area contributed by atoms with Gasteiger partial charge in [0.1, 0.15) is 0 Å². The van der Waals surface area contributed by atoms with Crippen LogP contribution < -0.4 is 16.4 Å². The van der Waals surface area contributed by atoms with E-state index in [2.05, 4.69) is 10.6 Å². The average Bonchev–Trinajstić information content (AvgIpc) is 2.20. The second kappa shape index (κ2) is 7.76. The summed E-state index contributed by atoms with van der Waals surface area (Å²) < 4.78 is 0. The smallest absolute Gasteiger partial charge is 0.195 e. The molecule has 1 aromatic rings. The van der Waals surface area contributed by atoms with Crippen LogP contribution in [0.3, 0.4) is 0 Å². The summed E-state index contributed by atoms with van der Waals surface area (Å²) in [5, 5.41) is 20.1. The van der Waals surface area contributed by atoms with Crippen molar-refractivity contribution in [3.8, 4) is 0 Å². The lowest BCUT2D eigenvalue weighted by Gasteiger charge is -2.08. The van der Waals surface area contributed by atoms with Gasteiger partial charge in [0.2, 0.25) is 0 Å². The molecule has 0 aliphatic carbocycles. The third-order valence-electron chi connectivity index (χ3n) is 1.89. The van der Waals surface area contributed by atoms with Gasteiger partial charge in [-0.1, -0.05) is 23.7 Å². The van der Waals surface area contributed by atoms with Crippen molar-refractivity contribution in [3.63, 3.8) is 0 Å². The van der Waals surface area contributed by atoms with Crippen molar-refractivity contribution in [1.82, 2.24) is 10.6 Å². The number of nitrogens with two attached hydrogens (primary N) is 1. The fourth-order valence-corrected chi connectivity index (χ4v) is 1.29. The molecule has 0 aliphatic rings. The minimum absolute atomic E-state index is 0. The minimum atomic E-state index is -0.246. The molecule has 0 unspecified atom stereocenters. The summed E-state index contributed by atoms with van der Waals surface area (Å²) in [4.78, 5) is 0. The van der Waals surface area contributed by atoms with Crippen LogP contribution in [-0.2, 0) is 6.42 Å². The second-order valence-corrected chi connectivity index (χ2v) is 3.65. The summed E-state index contributed by atoms with van der Waals surface area (Å²) in [6.07, 6.45) is 0.777. The molecule has 7 heteroatoms. The van der Waals surface area contributed by atoms with Gasteiger partial charge in [0.05, 0.1) is 0 Å². The van der Waals surface area contributed by atoms with Gasteiger partial charge in [0, 0.05) is 11.6 Å². The van der Waals surface area contributed by atoms with Gasteiger partial charge >= 0.3 is 0 Å². The number of halogens is 2. The third kappa shape index (κ3) is 6.65. The molecule has 0 atom stereocenters. The molecule has 0 saturated heterocycles. The third-order valence-corrected chi connectivity index (χ3v) is 2.14. The molecule has 17 heavy (non-hydrogen) atoms. The summed E-state index contributed by atoms with van der Waals surface area (Å²) >= 11 is 5.76. The van der Waals surface area contributed by atoms with E-state index >= 15 is 0 Å². The van der Waals surface area contributed by atoms with Crippen LogP contribution in [-0.4, -0.2) is 18.5 Å². The van der Waals surface area contributed by atoms with Crippen molar-refractivity contribution >= 4 is 35.9 Å². The molecule has 0 spiro atoms. The summed E-state index contributed by atoms with van der Waals surface area (Å²) in [7, 11) is 0. The Morgan fingerprint density at radius 2 is 1.82 bits per heavy atom. The molecule has 0 amide bonds. The van der Waals surface area contributed by atoms with E-state index in [-0.39, 0.29) is 24.3 Å². The maximum atomic E-state index is 7.35. The predicted octanol–water partition coefficient (Wildman–Crippen LogP) is 1.31.